The van der Waals surface area contributed by atoms with Crippen LogP contribution in [0.5, 0.6) is 0 Å². The van der Waals surface area contributed by atoms with Crippen molar-refractivity contribution in [2.24, 2.45) is 0 Å². The van der Waals surface area contributed by atoms with Crippen LogP contribution in [0.15, 0.2) is 48.9 Å². The third kappa shape index (κ3) is 4.17. The van der Waals surface area contributed by atoms with Gasteiger partial charge in [-0.25, -0.2) is 14.5 Å². The molecule has 2 fully saturated rings. The molecule has 0 bridgehead atoms. The molecule has 174 valence electrons. The average Bonchev–Trinajstić information content (AvgIpc) is 3.23. The Hall–Kier alpha value is -3.30. The monoisotopic (exact) mass is 473 g/mol. The Kier molecular flexibility index (Phi) is 5.30. The summed E-state index contributed by atoms with van der Waals surface area (Å²) in [5, 5.41) is 11.5. The van der Waals surface area contributed by atoms with Gasteiger partial charge in [0.25, 0.3) is 0 Å². The van der Waals surface area contributed by atoms with Gasteiger partial charge in [0, 0.05) is 46.0 Å². The van der Waals surface area contributed by atoms with Gasteiger partial charge >= 0.3 is 6.03 Å². The molecule has 2 atom stereocenters. The molecule has 2 N–H and O–H groups in total. The summed E-state index contributed by atoms with van der Waals surface area (Å²) >= 11 is 1.92. The molecule has 5 heterocycles. The SMILES string of the molecule is Cc1cc(-n2ncc3cc(NC(=O)N[C@H]4CN(C)C[C@@H]4c4ccc(C5CC5)s4)ncc32)ccn1. The van der Waals surface area contributed by atoms with Crippen molar-refractivity contribution in [1.29, 1.82) is 0 Å². The van der Waals surface area contributed by atoms with Crippen LogP contribution in [0.3, 0.4) is 0 Å². The number of pyridine rings is 2. The molecule has 4 aromatic heterocycles. The van der Waals surface area contributed by atoms with Gasteiger partial charge in [-0.05, 0) is 63.1 Å². The number of nitrogens with one attached hydrogen (secondary N) is 2. The number of rotatable bonds is 5. The van der Waals surface area contributed by atoms with Crippen molar-refractivity contribution in [1.82, 2.24) is 30.0 Å². The third-order valence-electron chi connectivity index (χ3n) is 6.63. The number of fused-ring (bicyclic) bond motifs is 1. The minimum Gasteiger partial charge on any atom is -0.333 e. The van der Waals surface area contributed by atoms with Crippen LogP contribution in [0.25, 0.3) is 16.6 Å². The Labute approximate surface area is 202 Å². The number of likely N-dealkylation sites (tertiary alicyclic amines) is 1. The van der Waals surface area contributed by atoms with E-state index in [1.165, 1.54) is 22.6 Å². The Balaban J connectivity index is 1.16. The predicted molar refractivity (Wildman–Crippen MR) is 134 cm³/mol. The van der Waals surface area contributed by atoms with Gasteiger partial charge < -0.3 is 10.2 Å². The van der Waals surface area contributed by atoms with Gasteiger partial charge in [0.2, 0.25) is 0 Å². The van der Waals surface area contributed by atoms with Crippen molar-refractivity contribution in [3.8, 4) is 5.69 Å². The number of thiophene rings is 1. The lowest BCUT2D eigenvalue weighted by atomic mass is 10.0. The first-order valence-corrected chi connectivity index (χ1v) is 12.5. The van der Waals surface area contributed by atoms with Crippen LogP contribution in [0.4, 0.5) is 10.6 Å². The number of nitrogens with zero attached hydrogens (tertiary/aromatic N) is 5. The summed E-state index contributed by atoms with van der Waals surface area (Å²) in [6.07, 6.45) is 7.92. The van der Waals surface area contributed by atoms with Crippen molar-refractivity contribution >= 4 is 34.1 Å². The lowest BCUT2D eigenvalue weighted by molar-refractivity contribution is 0.247. The fourth-order valence-electron chi connectivity index (χ4n) is 4.77. The molecule has 0 radical (unpaired) electrons. The van der Waals surface area contributed by atoms with Crippen LogP contribution >= 0.6 is 11.3 Å². The normalized spacial score (nSPS) is 20.6. The second-order valence-corrected chi connectivity index (χ2v) is 10.5. The third-order valence-corrected chi connectivity index (χ3v) is 8.01. The number of anilines is 1. The number of carbonyl (C=O) groups excluding carboxylic acids is 1. The first-order valence-electron chi connectivity index (χ1n) is 11.7. The van der Waals surface area contributed by atoms with Crippen LogP contribution in [0.2, 0.25) is 0 Å². The molecule has 0 unspecified atom stereocenters. The van der Waals surface area contributed by atoms with E-state index in [1.54, 1.807) is 18.6 Å². The molecule has 9 heteroatoms. The highest BCUT2D eigenvalue weighted by Gasteiger charge is 2.35. The summed E-state index contributed by atoms with van der Waals surface area (Å²) in [5.41, 5.74) is 2.72. The van der Waals surface area contributed by atoms with Crippen molar-refractivity contribution in [2.45, 2.75) is 37.6 Å². The van der Waals surface area contributed by atoms with E-state index in [0.29, 0.717) is 11.7 Å². The van der Waals surface area contributed by atoms with Gasteiger partial charge in [0.15, 0.2) is 0 Å². The van der Waals surface area contributed by atoms with E-state index < -0.39 is 0 Å². The van der Waals surface area contributed by atoms with Crippen LogP contribution < -0.4 is 10.6 Å². The number of amides is 2. The molecule has 6 rings (SSSR count). The summed E-state index contributed by atoms with van der Waals surface area (Å²) in [6.45, 7) is 3.73. The number of hydrogen-bond acceptors (Lipinski definition) is 6. The first-order chi connectivity index (χ1) is 16.5. The highest BCUT2D eigenvalue weighted by atomic mass is 32.1. The number of aryl methyl sites for hydroxylation is 1. The van der Waals surface area contributed by atoms with E-state index in [1.807, 2.05) is 41.1 Å². The van der Waals surface area contributed by atoms with Crippen molar-refractivity contribution < 1.29 is 4.79 Å². The van der Waals surface area contributed by atoms with Gasteiger partial charge in [-0.1, -0.05) is 0 Å². The largest absolute Gasteiger partial charge is 0.333 e. The van der Waals surface area contributed by atoms with Gasteiger partial charge in [0.1, 0.15) is 5.82 Å². The lowest BCUT2D eigenvalue weighted by Crippen LogP contribution is -2.42. The molecule has 1 saturated carbocycles. The molecule has 4 aromatic rings. The fraction of sp³-hybridized carbons (Fsp3) is 0.360. The zero-order valence-electron chi connectivity index (χ0n) is 19.2. The quantitative estimate of drug-likeness (QED) is 0.452. The molecule has 1 aliphatic heterocycles. The highest BCUT2D eigenvalue weighted by Crippen LogP contribution is 2.45. The van der Waals surface area contributed by atoms with Crippen molar-refractivity contribution in [2.75, 3.05) is 25.5 Å². The van der Waals surface area contributed by atoms with E-state index in [2.05, 4.69) is 49.8 Å². The molecule has 1 aliphatic carbocycles. The smallest absolute Gasteiger partial charge is 0.320 e. The summed E-state index contributed by atoms with van der Waals surface area (Å²) < 4.78 is 1.83. The maximum absolute atomic E-state index is 12.9. The van der Waals surface area contributed by atoms with E-state index >= 15 is 0 Å². The molecule has 0 aromatic carbocycles. The number of urea groups is 1. The van der Waals surface area contributed by atoms with Gasteiger partial charge in [-0.2, -0.15) is 5.10 Å². The molecule has 2 amide bonds. The number of carbonyl (C=O) groups is 1. The van der Waals surface area contributed by atoms with Crippen molar-refractivity contribution in [3.63, 3.8) is 0 Å². The summed E-state index contributed by atoms with van der Waals surface area (Å²) in [4.78, 5) is 26.7. The highest BCUT2D eigenvalue weighted by molar-refractivity contribution is 7.12. The molecule has 34 heavy (non-hydrogen) atoms. The summed E-state index contributed by atoms with van der Waals surface area (Å²) in [7, 11) is 2.11. The predicted octanol–water partition coefficient (Wildman–Crippen LogP) is 4.28. The molecular weight excluding hydrogens is 446 g/mol. The van der Waals surface area contributed by atoms with Crippen LogP contribution in [-0.2, 0) is 0 Å². The van der Waals surface area contributed by atoms with Crippen molar-refractivity contribution in [3.05, 3.63) is 64.4 Å². The van der Waals surface area contributed by atoms with E-state index in [-0.39, 0.29) is 12.1 Å². The van der Waals surface area contributed by atoms with Gasteiger partial charge in [0.05, 0.1) is 29.6 Å². The number of aromatic nitrogens is 4. The zero-order chi connectivity index (χ0) is 23.2. The molecule has 1 saturated heterocycles. The summed E-state index contributed by atoms with van der Waals surface area (Å²) in [5.74, 6) is 1.58. The lowest BCUT2D eigenvalue weighted by Gasteiger charge is -2.19. The minimum absolute atomic E-state index is 0.0668. The van der Waals surface area contributed by atoms with Crippen LogP contribution in [0, 0.1) is 6.92 Å². The minimum atomic E-state index is -0.228. The fourth-order valence-corrected chi connectivity index (χ4v) is 6.11. The molecule has 0 spiro atoms. The second kappa shape index (κ2) is 8.48. The maximum atomic E-state index is 12.9. The Morgan fingerprint density at radius 2 is 1.94 bits per heavy atom. The van der Waals surface area contributed by atoms with Gasteiger partial charge in [-0.15, -0.1) is 11.3 Å². The van der Waals surface area contributed by atoms with E-state index in [4.69, 9.17) is 0 Å². The Bertz CT molecular complexity index is 1360. The number of hydrogen-bond donors (Lipinski definition) is 2. The number of likely N-dealkylation sites (N-methyl/N-ethyl adjacent to an activating group) is 1. The van der Waals surface area contributed by atoms with Crippen LogP contribution in [-0.4, -0.2) is 56.9 Å². The molecular formula is C25H27N7OS. The maximum Gasteiger partial charge on any atom is 0.320 e. The Morgan fingerprint density at radius 3 is 2.76 bits per heavy atom. The first kappa shape index (κ1) is 21.2. The van der Waals surface area contributed by atoms with Gasteiger partial charge in [-0.3, -0.25) is 10.3 Å². The average molecular weight is 474 g/mol. The van der Waals surface area contributed by atoms with Crippen LogP contribution in [0.1, 0.15) is 40.1 Å². The molecule has 2 aliphatic rings. The standard InChI is InChI=1S/C25H27N7OS/c1-15-9-18(7-8-26-15)32-21-12-27-24(10-17(21)11-28-32)30-25(33)29-20-14-31(2)13-19(20)23-6-5-22(34-23)16-3-4-16/h5-12,16,19-20H,3-4,13-14H2,1-2H3,(H2,27,29,30,33)/t19-,20-/m0/s1. The topological polar surface area (TPSA) is 88.0 Å². The Morgan fingerprint density at radius 1 is 1.09 bits per heavy atom. The van der Waals surface area contributed by atoms with E-state index in [0.717, 1.165) is 41.3 Å². The molecule has 8 nitrogen and oxygen atoms in total. The summed E-state index contributed by atoms with van der Waals surface area (Å²) in [6, 6.07) is 10.1. The zero-order valence-corrected chi connectivity index (χ0v) is 20.0. The second-order valence-electron chi connectivity index (χ2n) is 9.39. The van der Waals surface area contributed by atoms with E-state index in [9.17, 15) is 4.79 Å².